The summed E-state index contributed by atoms with van der Waals surface area (Å²) in [5, 5.41) is 0.778. The monoisotopic (exact) mass is 330 g/mol. The highest BCUT2D eigenvalue weighted by atomic mass is 79.9. The first-order valence-electron chi connectivity index (χ1n) is 6.55. The SMILES string of the molecule is NCCC1CCN(Cc2ccc(Cl)c(Br)c2)CC1. The average Bonchev–Trinajstić information content (AvgIpc) is 2.37. The van der Waals surface area contributed by atoms with Gasteiger partial charge in [0.05, 0.1) is 5.02 Å². The van der Waals surface area contributed by atoms with Gasteiger partial charge >= 0.3 is 0 Å². The molecular weight excluding hydrogens is 312 g/mol. The number of halogens is 2. The van der Waals surface area contributed by atoms with Gasteiger partial charge in [-0.15, -0.1) is 0 Å². The molecule has 2 rings (SSSR count). The second-order valence-corrected chi connectivity index (χ2v) is 6.31. The molecule has 4 heteroatoms. The quantitative estimate of drug-likeness (QED) is 0.912. The molecule has 0 radical (unpaired) electrons. The number of likely N-dealkylation sites (tertiary alicyclic amines) is 1. The Morgan fingerprint density at radius 2 is 2.06 bits per heavy atom. The Labute approximate surface area is 123 Å². The first kappa shape index (κ1) is 14.3. The maximum Gasteiger partial charge on any atom is 0.0548 e. The Hall–Kier alpha value is -0.0900. The molecule has 1 aliphatic heterocycles. The average molecular weight is 332 g/mol. The lowest BCUT2D eigenvalue weighted by Crippen LogP contribution is -2.33. The Morgan fingerprint density at radius 1 is 1.33 bits per heavy atom. The van der Waals surface area contributed by atoms with Crippen molar-refractivity contribution in [2.24, 2.45) is 11.7 Å². The lowest BCUT2D eigenvalue weighted by Gasteiger charge is -2.31. The summed E-state index contributed by atoms with van der Waals surface area (Å²) >= 11 is 9.48. The molecule has 18 heavy (non-hydrogen) atoms. The minimum Gasteiger partial charge on any atom is -0.330 e. The fourth-order valence-corrected chi connectivity index (χ4v) is 3.11. The summed E-state index contributed by atoms with van der Waals surface area (Å²) in [4.78, 5) is 2.52. The lowest BCUT2D eigenvalue weighted by molar-refractivity contribution is 0.173. The van der Waals surface area contributed by atoms with Crippen LogP contribution >= 0.6 is 27.5 Å². The van der Waals surface area contributed by atoms with E-state index in [1.807, 2.05) is 6.07 Å². The minimum absolute atomic E-state index is 0.778. The fourth-order valence-electron chi connectivity index (χ4n) is 2.57. The second-order valence-electron chi connectivity index (χ2n) is 5.05. The van der Waals surface area contributed by atoms with Gasteiger partial charge in [-0.05, 0) is 78.4 Å². The van der Waals surface area contributed by atoms with Gasteiger partial charge in [-0.3, -0.25) is 4.90 Å². The third-order valence-electron chi connectivity index (χ3n) is 3.67. The van der Waals surface area contributed by atoms with E-state index >= 15 is 0 Å². The molecule has 0 aliphatic carbocycles. The van der Waals surface area contributed by atoms with E-state index in [4.69, 9.17) is 17.3 Å². The topological polar surface area (TPSA) is 29.3 Å². The van der Waals surface area contributed by atoms with Crippen LogP contribution in [0.3, 0.4) is 0 Å². The third kappa shape index (κ3) is 3.95. The van der Waals surface area contributed by atoms with Crippen molar-refractivity contribution in [3.05, 3.63) is 33.3 Å². The van der Waals surface area contributed by atoms with E-state index in [1.54, 1.807) is 0 Å². The van der Waals surface area contributed by atoms with E-state index in [9.17, 15) is 0 Å². The smallest absolute Gasteiger partial charge is 0.0548 e. The summed E-state index contributed by atoms with van der Waals surface area (Å²) in [7, 11) is 0. The number of rotatable bonds is 4. The molecule has 2 N–H and O–H groups in total. The van der Waals surface area contributed by atoms with Gasteiger partial charge in [0.15, 0.2) is 0 Å². The molecule has 0 aromatic heterocycles. The van der Waals surface area contributed by atoms with E-state index < -0.39 is 0 Å². The molecule has 0 unspecified atom stereocenters. The van der Waals surface area contributed by atoms with Crippen molar-refractivity contribution in [3.63, 3.8) is 0 Å². The Bertz CT molecular complexity index is 389. The summed E-state index contributed by atoms with van der Waals surface area (Å²) in [5.74, 6) is 0.836. The summed E-state index contributed by atoms with van der Waals surface area (Å²) in [6.07, 6.45) is 3.75. The van der Waals surface area contributed by atoms with E-state index in [0.717, 1.165) is 28.5 Å². The number of nitrogens with zero attached hydrogens (tertiary/aromatic N) is 1. The molecule has 0 atom stereocenters. The van der Waals surface area contributed by atoms with Gasteiger partial charge in [-0.25, -0.2) is 0 Å². The van der Waals surface area contributed by atoms with E-state index in [1.165, 1.54) is 37.9 Å². The number of hydrogen-bond acceptors (Lipinski definition) is 2. The van der Waals surface area contributed by atoms with Crippen LogP contribution in [0.1, 0.15) is 24.8 Å². The lowest BCUT2D eigenvalue weighted by atomic mass is 9.93. The van der Waals surface area contributed by atoms with E-state index in [-0.39, 0.29) is 0 Å². The van der Waals surface area contributed by atoms with Crippen LogP contribution in [-0.2, 0) is 6.54 Å². The number of benzene rings is 1. The molecular formula is C14H20BrClN2. The van der Waals surface area contributed by atoms with Crippen LogP contribution in [0.25, 0.3) is 0 Å². The molecule has 1 saturated heterocycles. The van der Waals surface area contributed by atoms with Crippen LogP contribution in [-0.4, -0.2) is 24.5 Å². The highest BCUT2D eigenvalue weighted by Gasteiger charge is 2.18. The number of hydrogen-bond donors (Lipinski definition) is 1. The van der Waals surface area contributed by atoms with Crippen LogP contribution in [0.4, 0.5) is 0 Å². The zero-order valence-electron chi connectivity index (χ0n) is 10.5. The summed E-state index contributed by atoms with van der Waals surface area (Å²) in [6, 6.07) is 6.19. The summed E-state index contributed by atoms with van der Waals surface area (Å²) in [6.45, 7) is 4.22. The van der Waals surface area contributed by atoms with Gasteiger partial charge in [-0.1, -0.05) is 17.7 Å². The fraction of sp³-hybridized carbons (Fsp3) is 0.571. The van der Waals surface area contributed by atoms with Crippen LogP contribution in [0.5, 0.6) is 0 Å². The predicted octanol–water partition coefficient (Wildman–Crippen LogP) is 3.66. The molecule has 1 aromatic carbocycles. The summed E-state index contributed by atoms with van der Waals surface area (Å²) < 4.78 is 0.986. The normalized spacial score (nSPS) is 18.2. The maximum atomic E-state index is 6.00. The summed E-state index contributed by atoms with van der Waals surface area (Å²) in [5.41, 5.74) is 6.94. The van der Waals surface area contributed by atoms with Crippen LogP contribution in [0.2, 0.25) is 5.02 Å². The van der Waals surface area contributed by atoms with Crippen molar-refractivity contribution in [2.45, 2.75) is 25.8 Å². The molecule has 1 aromatic rings. The molecule has 2 nitrogen and oxygen atoms in total. The Morgan fingerprint density at radius 3 is 2.67 bits per heavy atom. The largest absolute Gasteiger partial charge is 0.330 e. The number of piperidine rings is 1. The number of nitrogens with two attached hydrogens (primary N) is 1. The third-order valence-corrected chi connectivity index (χ3v) is 4.89. The van der Waals surface area contributed by atoms with Crippen molar-refractivity contribution in [2.75, 3.05) is 19.6 Å². The van der Waals surface area contributed by atoms with Gasteiger partial charge in [0.25, 0.3) is 0 Å². The molecule has 0 amide bonds. The van der Waals surface area contributed by atoms with Crippen LogP contribution in [0, 0.1) is 5.92 Å². The van der Waals surface area contributed by atoms with Crippen molar-refractivity contribution < 1.29 is 0 Å². The maximum absolute atomic E-state index is 6.00. The zero-order valence-corrected chi connectivity index (χ0v) is 12.9. The molecule has 0 spiro atoms. The van der Waals surface area contributed by atoms with Crippen LogP contribution < -0.4 is 5.73 Å². The van der Waals surface area contributed by atoms with E-state index in [2.05, 4.69) is 33.0 Å². The standard InChI is InChI=1S/C14H20BrClN2/c15-13-9-12(1-2-14(13)16)10-18-7-4-11(3-6-17)5-8-18/h1-2,9,11H,3-8,10,17H2. The first-order chi connectivity index (χ1) is 8.69. The highest BCUT2D eigenvalue weighted by Crippen LogP contribution is 2.25. The van der Waals surface area contributed by atoms with Crippen LogP contribution in [0.15, 0.2) is 22.7 Å². The molecule has 0 bridgehead atoms. The first-order valence-corrected chi connectivity index (χ1v) is 7.72. The second kappa shape index (κ2) is 6.90. The van der Waals surface area contributed by atoms with E-state index in [0.29, 0.717) is 0 Å². The molecule has 1 aliphatic rings. The van der Waals surface area contributed by atoms with Gasteiger partial charge in [0.1, 0.15) is 0 Å². The molecule has 100 valence electrons. The molecule has 0 saturated carbocycles. The van der Waals surface area contributed by atoms with Gasteiger partial charge < -0.3 is 5.73 Å². The van der Waals surface area contributed by atoms with Gasteiger partial charge in [-0.2, -0.15) is 0 Å². The van der Waals surface area contributed by atoms with Crippen molar-refractivity contribution in [1.82, 2.24) is 4.90 Å². The van der Waals surface area contributed by atoms with Gasteiger partial charge in [0.2, 0.25) is 0 Å². The molecule has 1 heterocycles. The Balaban J connectivity index is 1.85. The van der Waals surface area contributed by atoms with Crippen molar-refractivity contribution >= 4 is 27.5 Å². The zero-order chi connectivity index (χ0) is 13.0. The van der Waals surface area contributed by atoms with Crippen molar-refractivity contribution in [3.8, 4) is 0 Å². The minimum atomic E-state index is 0.778. The van der Waals surface area contributed by atoms with Gasteiger partial charge in [0, 0.05) is 11.0 Å². The highest BCUT2D eigenvalue weighted by molar-refractivity contribution is 9.10. The Kier molecular flexibility index (Phi) is 5.49. The van der Waals surface area contributed by atoms with Crippen molar-refractivity contribution in [1.29, 1.82) is 0 Å². The predicted molar refractivity (Wildman–Crippen MR) is 80.8 cm³/mol. The molecule has 1 fully saturated rings.